The Morgan fingerprint density at radius 2 is 1.39 bits per heavy atom. The molecule has 6 N–H and O–H groups in total. The predicted octanol–water partition coefficient (Wildman–Crippen LogP) is 2.59. The molecule has 0 aromatic rings. The first-order valence-electron chi connectivity index (χ1n) is 13.2. The summed E-state index contributed by atoms with van der Waals surface area (Å²) in [6.07, 6.45) is 14.9. The zero-order valence-corrected chi connectivity index (χ0v) is 22.2. The summed E-state index contributed by atoms with van der Waals surface area (Å²) in [5, 5.41) is 14.4. The number of carbonyl (C=O) groups excluding carboxylic acids is 1. The van der Waals surface area contributed by atoms with Crippen molar-refractivity contribution in [3.05, 3.63) is 12.8 Å². The van der Waals surface area contributed by atoms with Gasteiger partial charge in [-0.2, -0.15) is 12.8 Å². The van der Waals surface area contributed by atoms with Crippen LogP contribution in [0.15, 0.2) is 0 Å². The van der Waals surface area contributed by atoms with Crippen LogP contribution in [-0.4, -0.2) is 63.7 Å². The van der Waals surface area contributed by atoms with Crippen molar-refractivity contribution >= 4 is 5.78 Å². The van der Waals surface area contributed by atoms with Crippen molar-refractivity contribution in [2.45, 2.75) is 83.6 Å². The zero-order valence-electron chi connectivity index (χ0n) is 21.2. The average Bonchev–Trinajstić information content (AvgIpc) is 2.74. The molecule has 0 amide bonds. The monoisotopic (exact) mass is 512 g/mol. The molecule has 2 bridgehead atoms. The summed E-state index contributed by atoms with van der Waals surface area (Å²) in [4.78, 5) is 13.0. The van der Waals surface area contributed by atoms with E-state index >= 15 is 0 Å². The molecule has 0 unspecified atom stereocenters. The van der Waals surface area contributed by atoms with Crippen LogP contribution in [0.1, 0.15) is 78.1 Å². The first kappa shape index (κ1) is 31.0. The van der Waals surface area contributed by atoms with Crippen LogP contribution in [0, 0.1) is 24.2 Å². The number of Topliss-reactive ketones (excluding diaryl/α,β-unsaturated/α-hetero) is 1. The van der Waals surface area contributed by atoms with E-state index in [2.05, 4.69) is 48.0 Å². The largest absolute Gasteiger partial charge is 2.00 e. The second kappa shape index (κ2) is 17.4. The molecule has 3 aliphatic rings. The first-order chi connectivity index (χ1) is 15.4. The molecule has 197 valence electrons. The van der Waals surface area contributed by atoms with E-state index in [1.54, 1.807) is 0 Å². The summed E-state index contributed by atoms with van der Waals surface area (Å²) in [7, 11) is 0. The molecule has 3 aliphatic heterocycles. The van der Waals surface area contributed by atoms with Crippen molar-refractivity contribution in [1.82, 2.24) is 21.3 Å². The van der Waals surface area contributed by atoms with Crippen molar-refractivity contribution in [2.24, 2.45) is 17.1 Å². The summed E-state index contributed by atoms with van der Waals surface area (Å²) < 4.78 is 0. The van der Waals surface area contributed by atoms with Crippen molar-refractivity contribution in [2.75, 3.05) is 52.4 Å². The molecule has 33 heavy (non-hydrogen) atoms. The number of nitrogens with one attached hydrogen (secondary N) is 4. The van der Waals surface area contributed by atoms with E-state index in [4.69, 9.17) is 5.73 Å². The molecule has 0 spiro atoms. The molecule has 6 nitrogen and oxygen atoms in total. The Hall–Kier alpha value is -0.0105. The number of ketones is 1. The molecule has 3 saturated heterocycles. The molecule has 3 fully saturated rings. The molecular formula is C26H51CuN5O. The molecule has 1 radical (unpaired) electrons. The fraction of sp³-hybridized carbons (Fsp3) is 0.885. The average molecular weight is 513 g/mol. The van der Waals surface area contributed by atoms with E-state index in [-0.39, 0.29) is 28.0 Å². The molecule has 0 aromatic heterocycles. The maximum Gasteiger partial charge on any atom is 2.00 e. The van der Waals surface area contributed by atoms with Gasteiger partial charge in [0.05, 0.1) is 0 Å². The van der Waals surface area contributed by atoms with Crippen LogP contribution in [0.2, 0.25) is 0 Å². The second-order valence-corrected chi connectivity index (χ2v) is 10.8. The Bertz CT molecular complexity index is 473. The number of carbonyl (C=O) groups is 1. The van der Waals surface area contributed by atoms with E-state index in [1.165, 1.54) is 19.3 Å². The quantitative estimate of drug-likeness (QED) is 0.195. The van der Waals surface area contributed by atoms with Crippen molar-refractivity contribution in [3.8, 4) is 0 Å². The van der Waals surface area contributed by atoms with E-state index in [1.807, 2.05) is 0 Å². The van der Waals surface area contributed by atoms with Crippen LogP contribution in [-0.2, 0) is 21.9 Å². The smallest absolute Gasteiger partial charge is 0.330 e. The van der Waals surface area contributed by atoms with Crippen LogP contribution in [0.25, 0.3) is 0 Å². The number of hydrogen-bond donors (Lipinski definition) is 5. The van der Waals surface area contributed by atoms with Gasteiger partial charge in [0.2, 0.25) is 0 Å². The molecule has 7 heteroatoms. The van der Waals surface area contributed by atoms with Crippen LogP contribution >= 0.6 is 0 Å². The van der Waals surface area contributed by atoms with Gasteiger partial charge in [0.1, 0.15) is 5.78 Å². The van der Waals surface area contributed by atoms with Gasteiger partial charge in [-0.05, 0) is 17.8 Å². The van der Waals surface area contributed by atoms with Gasteiger partial charge in [-0.1, -0.05) is 33.1 Å². The van der Waals surface area contributed by atoms with Gasteiger partial charge in [-0.15, -0.1) is 0 Å². The molecule has 0 saturated carbocycles. The van der Waals surface area contributed by atoms with Gasteiger partial charge in [0, 0.05) is 70.7 Å². The van der Waals surface area contributed by atoms with E-state index in [0.717, 1.165) is 96.8 Å². The molecule has 3 rings (SSSR count). The zero-order chi connectivity index (χ0) is 23.1. The van der Waals surface area contributed by atoms with Gasteiger partial charge in [0.15, 0.2) is 0 Å². The Balaban J connectivity index is 0.00000544. The minimum Gasteiger partial charge on any atom is -0.330 e. The van der Waals surface area contributed by atoms with Gasteiger partial charge < -0.3 is 39.8 Å². The molecule has 0 aromatic carbocycles. The van der Waals surface area contributed by atoms with Crippen LogP contribution in [0.5, 0.6) is 0 Å². The van der Waals surface area contributed by atoms with Crippen LogP contribution < -0.4 is 27.0 Å². The fourth-order valence-electron chi connectivity index (χ4n) is 4.94. The number of unbranched alkanes of at least 4 members (excludes halogenated alkanes) is 2. The summed E-state index contributed by atoms with van der Waals surface area (Å²) >= 11 is 0. The summed E-state index contributed by atoms with van der Waals surface area (Å²) in [6.45, 7) is 11.5. The Labute approximate surface area is 214 Å². The third-order valence-corrected chi connectivity index (χ3v) is 6.92. The summed E-state index contributed by atoms with van der Waals surface area (Å²) in [5.41, 5.74) is 6.43. The standard InChI is InChI=1S/C26H51N5O.Cu/c1-23(2)10-6-5-7-11-24(32)18-25-12-8-3-4-9-13-26(27,21-30-16-14-28-19-25)22-31-17-15-29-20-25;/h8-9,23,28-31H,3-7,10-22,27H2,1-2H3;/q-2;+2. The van der Waals surface area contributed by atoms with Gasteiger partial charge >= 0.3 is 17.1 Å². The summed E-state index contributed by atoms with van der Waals surface area (Å²) in [5.74, 6) is 1.19. The van der Waals surface area contributed by atoms with Crippen molar-refractivity contribution < 1.29 is 21.9 Å². The van der Waals surface area contributed by atoms with Crippen molar-refractivity contribution in [1.29, 1.82) is 0 Å². The Morgan fingerprint density at radius 1 is 0.848 bits per heavy atom. The Kier molecular flexibility index (Phi) is 16.4. The van der Waals surface area contributed by atoms with Gasteiger partial charge in [-0.3, -0.25) is 4.79 Å². The molecule has 3 heterocycles. The normalized spacial score (nSPS) is 28.6. The van der Waals surface area contributed by atoms with E-state index < -0.39 is 0 Å². The predicted molar refractivity (Wildman–Crippen MR) is 135 cm³/mol. The third kappa shape index (κ3) is 13.6. The van der Waals surface area contributed by atoms with E-state index in [0.29, 0.717) is 12.2 Å². The first-order valence-corrected chi connectivity index (χ1v) is 13.2. The number of fused-ring (bicyclic) bond motifs is 15. The van der Waals surface area contributed by atoms with Gasteiger partial charge in [-0.25, -0.2) is 12.8 Å². The molecule has 0 aliphatic carbocycles. The third-order valence-electron chi connectivity index (χ3n) is 6.92. The number of nitrogens with two attached hydrogens (primary N) is 1. The maximum absolute atomic E-state index is 13.0. The topological polar surface area (TPSA) is 91.2 Å². The SMILES string of the molecule is CC(C)CCCCCC(=O)CC12C[CH-]CC[CH-]CC(N)(CNCCNC1)CNCCNC2.[Cu+2]. The van der Waals surface area contributed by atoms with Gasteiger partial charge in [0.25, 0.3) is 0 Å². The van der Waals surface area contributed by atoms with Crippen LogP contribution in [0.3, 0.4) is 0 Å². The van der Waals surface area contributed by atoms with E-state index in [9.17, 15) is 4.79 Å². The Morgan fingerprint density at radius 3 is 1.97 bits per heavy atom. The maximum atomic E-state index is 13.0. The second-order valence-electron chi connectivity index (χ2n) is 10.8. The number of rotatable bonds is 8. The minimum absolute atomic E-state index is 0. The van der Waals surface area contributed by atoms with Crippen LogP contribution in [0.4, 0.5) is 0 Å². The number of hydrogen-bond acceptors (Lipinski definition) is 6. The fourth-order valence-corrected chi connectivity index (χ4v) is 4.94. The summed E-state index contributed by atoms with van der Waals surface area (Å²) in [6, 6.07) is 0. The molecular weight excluding hydrogens is 462 g/mol. The molecule has 0 atom stereocenters. The van der Waals surface area contributed by atoms with Crippen molar-refractivity contribution in [3.63, 3.8) is 0 Å². The minimum atomic E-state index is -0.237.